The van der Waals surface area contributed by atoms with Gasteiger partial charge in [0, 0.05) is 6.07 Å². The van der Waals surface area contributed by atoms with Crippen LogP contribution in [0.3, 0.4) is 0 Å². The molecule has 0 bridgehead atoms. The molecule has 94 valence electrons. The van der Waals surface area contributed by atoms with Gasteiger partial charge >= 0.3 is 0 Å². The van der Waals surface area contributed by atoms with Gasteiger partial charge in [-0.2, -0.15) is 0 Å². The van der Waals surface area contributed by atoms with Crippen molar-refractivity contribution in [2.45, 2.75) is 13.8 Å². The number of aromatic nitrogens is 2. The van der Waals surface area contributed by atoms with Gasteiger partial charge < -0.3 is 9.47 Å². The van der Waals surface area contributed by atoms with Crippen LogP contribution in [0, 0.1) is 0 Å². The highest BCUT2D eigenvalue weighted by Crippen LogP contribution is 2.13. The predicted octanol–water partition coefficient (Wildman–Crippen LogP) is 2.90. The van der Waals surface area contributed by atoms with E-state index in [2.05, 4.69) is 20.0 Å². The molecule has 1 aromatic heterocycles. The van der Waals surface area contributed by atoms with E-state index in [9.17, 15) is 0 Å². The van der Waals surface area contributed by atoms with Gasteiger partial charge in [0.15, 0.2) is 24.4 Å². The molecule has 1 aromatic rings. The van der Waals surface area contributed by atoms with Gasteiger partial charge in [-0.3, -0.25) is 0 Å². The zero-order valence-corrected chi connectivity index (χ0v) is 10.2. The molecule has 0 spiro atoms. The first kappa shape index (κ1) is 13.6. The van der Waals surface area contributed by atoms with Crippen molar-refractivity contribution < 1.29 is 9.47 Å². The van der Waals surface area contributed by atoms with Crippen molar-refractivity contribution >= 4 is 24.4 Å². The van der Waals surface area contributed by atoms with Gasteiger partial charge in [-0.1, -0.05) is 12.2 Å². The molecule has 6 nitrogen and oxygen atoms in total. The second-order valence-electron chi connectivity index (χ2n) is 2.91. The minimum Gasteiger partial charge on any atom is -0.454 e. The number of aliphatic imine (C=N–C) groups is 2. The summed E-state index contributed by atoms with van der Waals surface area (Å²) in [5, 5.41) is 0. The SMILES string of the molecule is C/C=C\OC=Nc1cc(N=CO/C=C\C)ncn1. The molecule has 0 saturated heterocycles. The quantitative estimate of drug-likeness (QED) is 0.439. The third-order valence-corrected chi connectivity index (χ3v) is 1.56. The fraction of sp³-hybridized carbons (Fsp3) is 0.167. The number of hydrogen-bond donors (Lipinski definition) is 0. The van der Waals surface area contributed by atoms with Crippen LogP contribution >= 0.6 is 0 Å². The average molecular weight is 246 g/mol. The van der Waals surface area contributed by atoms with Gasteiger partial charge in [0.2, 0.25) is 0 Å². The first-order chi connectivity index (χ1) is 8.86. The number of hydrogen-bond acceptors (Lipinski definition) is 6. The third kappa shape index (κ3) is 5.55. The second kappa shape index (κ2) is 8.63. The van der Waals surface area contributed by atoms with Gasteiger partial charge in [0.25, 0.3) is 0 Å². The maximum absolute atomic E-state index is 4.93. The van der Waals surface area contributed by atoms with Gasteiger partial charge in [0.1, 0.15) is 6.33 Å². The van der Waals surface area contributed by atoms with Gasteiger partial charge in [-0.15, -0.1) is 0 Å². The van der Waals surface area contributed by atoms with Crippen LogP contribution in [-0.4, -0.2) is 22.8 Å². The first-order valence-corrected chi connectivity index (χ1v) is 5.27. The number of allylic oxidation sites excluding steroid dienone is 2. The number of ether oxygens (including phenoxy) is 2. The van der Waals surface area contributed by atoms with E-state index in [1.807, 2.05) is 13.8 Å². The summed E-state index contributed by atoms with van der Waals surface area (Å²) in [6.45, 7) is 3.69. The fourth-order valence-electron chi connectivity index (χ4n) is 0.875. The van der Waals surface area contributed by atoms with E-state index < -0.39 is 0 Å². The Kier molecular flexibility index (Phi) is 6.50. The maximum Gasteiger partial charge on any atom is 0.182 e. The predicted molar refractivity (Wildman–Crippen MR) is 70.1 cm³/mol. The van der Waals surface area contributed by atoms with Crippen LogP contribution in [0.15, 0.2) is 47.1 Å². The molecule has 1 rings (SSSR count). The van der Waals surface area contributed by atoms with Crippen molar-refractivity contribution in [2.75, 3.05) is 0 Å². The zero-order valence-electron chi connectivity index (χ0n) is 10.2. The van der Waals surface area contributed by atoms with E-state index in [0.717, 1.165) is 0 Å². The van der Waals surface area contributed by atoms with Gasteiger partial charge in [-0.25, -0.2) is 20.0 Å². The molecule has 0 radical (unpaired) electrons. The summed E-state index contributed by atoms with van der Waals surface area (Å²) in [5.74, 6) is 0.903. The van der Waals surface area contributed by atoms with Crippen molar-refractivity contribution in [1.82, 2.24) is 9.97 Å². The fourth-order valence-corrected chi connectivity index (χ4v) is 0.875. The topological polar surface area (TPSA) is 69.0 Å². The minimum atomic E-state index is 0.452. The van der Waals surface area contributed by atoms with E-state index in [-0.39, 0.29) is 0 Å². The lowest BCUT2D eigenvalue weighted by Crippen LogP contribution is -1.82. The Morgan fingerprint density at radius 2 is 1.44 bits per heavy atom. The lowest BCUT2D eigenvalue weighted by molar-refractivity contribution is 0.493. The molecule has 6 heteroatoms. The molecule has 0 N–H and O–H groups in total. The lowest BCUT2D eigenvalue weighted by Gasteiger charge is -1.94. The van der Waals surface area contributed by atoms with Crippen LogP contribution in [-0.2, 0) is 9.47 Å². The summed E-state index contributed by atoms with van der Waals surface area (Å²) in [5.41, 5.74) is 0. The molecule has 0 amide bonds. The Hall–Kier alpha value is -2.50. The second-order valence-corrected chi connectivity index (χ2v) is 2.91. The molecule has 0 fully saturated rings. The molecule has 0 aliphatic heterocycles. The summed E-state index contributed by atoms with van der Waals surface area (Å²) in [6.07, 6.45) is 10.5. The minimum absolute atomic E-state index is 0.452. The molecule has 1 heterocycles. The highest BCUT2D eigenvalue weighted by Gasteiger charge is 1.93. The van der Waals surface area contributed by atoms with E-state index in [0.29, 0.717) is 11.6 Å². The van der Waals surface area contributed by atoms with Crippen molar-refractivity contribution in [1.29, 1.82) is 0 Å². The zero-order chi connectivity index (χ0) is 13.1. The van der Waals surface area contributed by atoms with Crippen molar-refractivity contribution in [3.63, 3.8) is 0 Å². The van der Waals surface area contributed by atoms with E-state index in [1.54, 1.807) is 18.2 Å². The summed E-state index contributed by atoms with van der Waals surface area (Å²) < 4.78 is 9.87. The maximum atomic E-state index is 4.93. The van der Waals surface area contributed by atoms with Crippen LogP contribution in [0.5, 0.6) is 0 Å². The van der Waals surface area contributed by atoms with Crippen molar-refractivity contribution in [2.24, 2.45) is 9.98 Å². The Balaban J connectivity index is 2.61. The molecule has 0 atom stereocenters. The molecule has 0 unspecified atom stereocenters. The van der Waals surface area contributed by atoms with Crippen LogP contribution < -0.4 is 0 Å². The summed E-state index contributed by atoms with van der Waals surface area (Å²) in [7, 11) is 0. The van der Waals surface area contributed by atoms with E-state index in [4.69, 9.17) is 9.47 Å². The van der Waals surface area contributed by atoms with E-state index in [1.165, 1.54) is 31.7 Å². The molecular weight excluding hydrogens is 232 g/mol. The summed E-state index contributed by atoms with van der Waals surface area (Å²) in [6, 6.07) is 1.60. The van der Waals surface area contributed by atoms with Crippen molar-refractivity contribution in [3.05, 3.63) is 37.1 Å². The van der Waals surface area contributed by atoms with Crippen LogP contribution in [0.1, 0.15) is 13.8 Å². The molecular formula is C12H14N4O2. The Morgan fingerprint density at radius 3 is 1.89 bits per heavy atom. The molecule has 18 heavy (non-hydrogen) atoms. The Labute approximate surface area is 105 Å². The monoisotopic (exact) mass is 246 g/mol. The normalized spacial score (nSPS) is 12.1. The highest BCUT2D eigenvalue weighted by atomic mass is 16.5. The van der Waals surface area contributed by atoms with E-state index >= 15 is 0 Å². The highest BCUT2D eigenvalue weighted by molar-refractivity contribution is 5.58. The van der Waals surface area contributed by atoms with Gasteiger partial charge in [0.05, 0.1) is 12.5 Å². The molecule has 0 aliphatic carbocycles. The Bertz CT molecular complexity index is 428. The number of rotatable bonds is 6. The molecule has 0 aromatic carbocycles. The molecule has 0 saturated carbocycles. The van der Waals surface area contributed by atoms with Crippen LogP contribution in [0.4, 0.5) is 11.6 Å². The van der Waals surface area contributed by atoms with Gasteiger partial charge in [-0.05, 0) is 13.8 Å². The number of nitrogens with zero attached hydrogens (tertiary/aromatic N) is 4. The third-order valence-electron chi connectivity index (χ3n) is 1.56. The molecule has 0 aliphatic rings. The van der Waals surface area contributed by atoms with Crippen molar-refractivity contribution in [3.8, 4) is 0 Å². The van der Waals surface area contributed by atoms with Crippen LogP contribution in [0.25, 0.3) is 0 Å². The summed E-state index contributed by atoms with van der Waals surface area (Å²) >= 11 is 0. The standard InChI is InChI=1S/C12H14N4O2/c1-3-5-17-9-15-11-7-12(14-8-13-11)16-10-18-6-4-2/h3-10H,1-2H3/b5-3-,6-4-,15-9?,16-10?. The lowest BCUT2D eigenvalue weighted by atomic mass is 10.5. The smallest absolute Gasteiger partial charge is 0.182 e. The average Bonchev–Trinajstić information content (AvgIpc) is 2.40. The summed E-state index contributed by atoms with van der Waals surface area (Å²) in [4.78, 5) is 15.8. The Morgan fingerprint density at radius 1 is 0.944 bits per heavy atom. The first-order valence-electron chi connectivity index (χ1n) is 5.27. The largest absolute Gasteiger partial charge is 0.454 e. The van der Waals surface area contributed by atoms with Crippen LogP contribution in [0.2, 0.25) is 0 Å².